The lowest BCUT2D eigenvalue weighted by Crippen LogP contribution is -1.97. The molecule has 0 fully saturated rings. The summed E-state index contributed by atoms with van der Waals surface area (Å²) in [5.74, 6) is 0. The van der Waals surface area contributed by atoms with Gasteiger partial charge in [-0.25, -0.2) is 8.42 Å². The van der Waals surface area contributed by atoms with E-state index in [0.29, 0.717) is 4.90 Å². The maximum absolute atomic E-state index is 11.3. The number of nitrogens with zero attached hydrogens (tertiary/aromatic N) is 1. The second kappa shape index (κ2) is 18.1. The number of sulfone groups is 1. The van der Waals surface area contributed by atoms with Gasteiger partial charge >= 0.3 is 0 Å². The van der Waals surface area contributed by atoms with E-state index in [1.54, 1.807) is 12.1 Å². The first kappa shape index (κ1) is 29.3. The number of allylic oxidation sites excluding steroid dienone is 1. The van der Waals surface area contributed by atoms with Gasteiger partial charge in [0.15, 0.2) is 9.84 Å². The molecule has 0 bridgehead atoms. The average Bonchev–Trinajstić information content (AvgIpc) is 2.72. The highest BCUT2D eigenvalue weighted by Crippen LogP contribution is 2.16. The van der Waals surface area contributed by atoms with Crippen molar-refractivity contribution in [2.45, 2.75) is 79.0 Å². The molecule has 0 aliphatic rings. The van der Waals surface area contributed by atoms with Gasteiger partial charge in [0.1, 0.15) is 0 Å². The largest absolute Gasteiger partial charge is 0.265 e. The Hall–Kier alpha value is -1.94. The fraction of sp³-hybridized carbons (Fsp3) is 0.480. The van der Waals surface area contributed by atoms with Crippen LogP contribution in [0.5, 0.6) is 0 Å². The number of aromatic nitrogens is 1. The van der Waals surface area contributed by atoms with Gasteiger partial charge in [0, 0.05) is 18.6 Å². The minimum atomic E-state index is -3.09. The Balaban J connectivity index is 0. The minimum absolute atomic E-state index is 0.371. The topological polar surface area (TPSA) is 47.0 Å². The molecule has 2 rings (SSSR count). The van der Waals surface area contributed by atoms with Gasteiger partial charge in [-0.1, -0.05) is 72.1 Å². The molecule has 1 heterocycles. The summed E-state index contributed by atoms with van der Waals surface area (Å²) < 4.78 is 22.6. The predicted molar refractivity (Wildman–Crippen MR) is 129 cm³/mol. The molecule has 0 saturated carbocycles. The average molecular weight is 420 g/mol. The van der Waals surface area contributed by atoms with Crippen molar-refractivity contribution in [2.75, 3.05) is 6.26 Å². The Labute approximate surface area is 180 Å². The maximum Gasteiger partial charge on any atom is 0.175 e. The van der Waals surface area contributed by atoms with Gasteiger partial charge in [-0.3, -0.25) is 4.98 Å². The normalized spacial score (nSPS) is 10.1. The van der Waals surface area contributed by atoms with Gasteiger partial charge < -0.3 is 0 Å². The van der Waals surface area contributed by atoms with Crippen molar-refractivity contribution in [2.24, 2.45) is 0 Å². The highest BCUT2D eigenvalue weighted by Gasteiger charge is 2.07. The summed E-state index contributed by atoms with van der Waals surface area (Å²) in [6, 6.07) is 9.22. The van der Waals surface area contributed by atoms with Crippen molar-refractivity contribution >= 4 is 15.9 Å². The zero-order valence-corrected chi connectivity index (χ0v) is 20.5. The Morgan fingerprint density at radius 2 is 1.52 bits per heavy atom. The summed E-state index contributed by atoms with van der Waals surface area (Å²) in [6.07, 6.45) is 13.8. The fourth-order valence-electron chi connectivity index (χ4n) is 2.18. The van der Waals surface area contributed by atoms with Gasteiger partial charge in [0.25, 0.3) is 0 Å². The fourth-order valence-corrected chi connectivity index (χ4v) is 2.84. The summed E-state index contributed by atoms with van der Waals surface area (Å²) in [6.45, 7) is 14.4. The molecular formula is C25H41NO2S. The molecule has 0 radical (unpaired) electrons. The molecule has 0 unspecified atom stereocenters. The molecule has 0 spiro atoms. The van der Waals surface area contributed by atoms with Crippen LogP contribution in [0.25, 0.3) is 6.08 Å². The van der Waals surface area contributed by atoms with E-state index in [0.717, 1.165) is 17.5 Å². The Bertz CT molecular complexity index is 765. The molecule has 0 N–H and O–H groups in total. The van der Waals surface area contributed by atoms with Crippen LogP contribution >= 0.6 is 0 Å². The summed E-state index contributed by atoms with van der Waals surface area (Å²) in [4.78, 5) is 4.26. The number of hydrogen-bond donors (Lipinski definition) is 0. The first-order chi connectivity index (χ1) is 13.8. The van der Waals surface area contributed by atoms with Crippen LogP contribution < -0.4 is 0 Å². The van der Waals surface area contributed by atoms with Gasteiger partial charge in [-0.05, 0) is 61.2 Å². The summed E-state index contributed by atoms with van der Waals surface area (Å²) in [5.41, 5.74) is 3.38. The molecule has 0 saturated heterocycles. The number of benzene rings is 1. The first-order valence-electron chi connectivity index (χ1n) is 10.6. The molecular weight excluding hydrogens is 378 g/mol. The molecule has 29 heavy (non-hydrogen) atoms. The van der Waals surface area contributed by atoms with Crippen molar-refractivity contribution in [3.05, 3.63) is 65.5 Å². The number of hydrogen-bond acceptors (Lipinski definition) is 3. The number of aryl methyl sites for hydroxylation is 2. The SMILES string of the molecule is C/C=C\c1cc(S(C)(=O)=O)ccc1C.CC.CCCCC.CCc1ccncc1. The van der Waals surface area contributed by atoms with Crippen molar-refractivity contribution in [1.82, 2.24) is 4.98 Å². The lowest BCUT2D eigenvalue weighted by Gasteiger charge is -2.03. The lowest BCUT2D eigenvalue weighted by molar-refractivity contribution is 0.602. The van der Waals surface area contributed by atoms with E-state index in [-0.39, 0.29) is 0 Å². The van der Waals surface area contributed by atoms with Gasteiger partial charge in [-0.2, -0.15) is 0 Å². The highest BCUT2D eigenvalue weighted by molar-refractivity contribution is 7.90. The van der Waals surface area contributed by atoms with Crippen LogP contribution in [0.15, 0.2) is 53.7 Å². The van der Waals surface area contributed by atoms with E-state index in [2.05, 4.69) is 25.8 Å². The monoisotopic (exact) mass is 419 g/mol. The van der Waals surface area contributed by atoms with E-state index in [1.807, 2.05) is 70.4 Å². The van der Waals surface area contributed by atoms with Crippen LogP contribution in [0.3, 0.4) is 0 Å². The number of unbranched alkanes of at least 4 members (excludes halogenated alkanes) is 2. The molecule has 1 aromatic heterocycles. The quantitative estimate of drug-likeness (QED) is 0.511. The zero-order valence-electron chi connectivity index (χ0n) is 19.7. The molecule has 0 aliphatic heterocycles. The Morgan fingerprint density at radius 3 is 1.86 bits per heavy atom. The van der Waals surface area contributed by atoms with E-state index in [4.69, 9.17) is 0 Å². The van der Waals surface area contributed by atoms with Crippen LogP contribution in [0.4, 0.5) is 0 Å². The summed E-state index contributed by atoms with van der Waals surface area (Å²) in [7, 11) is -3.09. The first-order valence-corrected chi connectivity index (χ1v) is 12.5. The molecule has 3 nitrogen and oxygen atoms in total. The van der Waals surface area contributed by atoms with Crippen LogP contribution in [0.2, 0.25) is 0 Å². The third-order valence-corrected chi connectivity index (χ3v) is 5.00. The van der Waals surface area contributed by atoms with Crippen LogP contribution in [-0.2, 0) is 16.3 Å². The molecule has 2 aromatic rings. The Kier molecular flexibility index (Phi) is 18.3. The highest BCUT2D eigenvalue weighted by atomic mass is 32.2. The smallest absolute Gasteiger partial charge is 0.175 e. The molecule has 0 amide bonds. The lowest BCUT2D eigenvalue weighted by atomic mass is 10.1. The van der Waals surface area contributed by atoms with Crippen LogP contribution in [-0.4, -0.2) is 19.7 Å². The molecule has 0 aliphatic carbocycles. The maximum atomic E-state index is 11.3. The molecule has 1 aromatic carbocycles. The number of pyridine rings is 1. The van der Waals surface area contributed by atoms with Gasteiger partial charge in [0.2, 0.25) is 0 Å². The number of rotatable bonds is 5. The van der Waals surface area contributed by atoms with Crippen molar-refractivity contribution in [3.63, 3.8) is 0 Å². The predicted octanol–water partition coefficient (Wildman–Crippen LogP) is 7.30. The Morgan fingerprint density at radius 1 is 0.966 bits per heavy atom. The molecule has 4 heteroatoms. The van der Waals surface area contributed by atoms with Crippen molar-refractivity contribution in [3.8, 4) is 0 Å². The third-order valence-electron chi connectivity index (χ3n) is 3.89. The zero-order chi connectivity index (χ0) is 22.7. The summed E-state index contributed by atoms with van der Waals surface area (Å²) in [5, 5.41) is 0. The standard InChI is InChI=1S/C11H14O2S.C7H9N.C5H12.C2H6/c1-4-5-10-8-11(14(3,12)13)7-6-9(10)2;1-2-7-3-5-8-6-4-7;1-3-5-4-2;1-2/h4-8H,1-3H3;3-6H,2H2,1H3;3-5H2,1-2H3;1-2H3/b5-4-;;;. The minimum Gasteiger partial charge on any atom is -0.265 e. The van der Waals surface area contributed by atoms with E-state index in [9.17, 15) is 8.42 Å². The summed E-state index contributed by atoms with van der Waals surface area (Å²) >= 11 is 0. The van der Waals surface area contributed by atoms with E-state index >= 15 is 0 Å². The van der Waals surface area contributed by atoms with Gasteiger partial charge in [-0.15, -0.1) is 0 Å². The third kappa shape index (κ3) is 14.7. The van der Waals surface area contributed by atoms with Crippen molar-refractivity contribution < 1.29 is 8.42 Å². The molecule has 0 atom stereocenters. The van der Waals surface area contributed by atoms with E-state index < -0.39 is 9.84 Å². The second-order valence-corrected chi connectivity index (χ2v) is 8.37. The van der Waals surface area contributed by atoms with Gasteiger partial charge in [0.05, 0.1) is 4.90 Å². The van der Waals surface area contributed by atoms with Crippen molar-refractivity contribution in [1.29, 1.82) is 0 Å². The van der Waals surface area contributed by atoms with Crippen LogP contribution in [0.1, 0.15) is 77.5 Å². The van der Waals surface area contributed by atoms with Crippen LogP contribution in [0, 0.1) is 6.92 Å². The molecule has 164 valence electrons. The second-order valence-electron chi connectivity index (χ2n) is 6.35. The van der Waals surface area contributed by atoms with E-state index in [1.165, 1.54) is 31.1 Å².